The molecule has 2 rings (SSSR count). The fourth-order valence-corrected chi connectivity index (χ4v) is 2.32. The zero-order valence-corrected chi connectivity index (χ0v) is 10.6. The van der Waals surface area contributed by atoms with E-state index in [1.165, 1.54) is 12.8 Å². The Bertz CT molecular complexity index is 395. The number of halogens is 1. The fourth-order valence-electron chi connectivity index (χ4n) is 2.09. The van der Waals surface area contributed by atoms with Gasteiger partial charge in [-0.15, -0.1) is 0 Å². The van der Waals surface area contributed by atoms with E-state index in [0.717, 1.165) is 29.4 Å². The normalized spacial score (nSPS) is 20.3. The Hall–Kier alpha value is -0.800. The van der Waals surface area contributed by atoms with Gasteiger partial charge in [-0.3, -0.25) is 4.68 Å². The molecule has 0 saturated heterocycles. The molecule has 0 bridgehead atoms. The predicted molar refractivity (Wildman–Crippen MR) is 66.6 cm³/mol. The Labute approximate surface area is 101 Å². The van der Waals surface area contributed by atoms with Crippen molar-refractivity contribution in [3.8, 4) is 0 Å². The van der Waals surface area contributed by atoms with Crippen molar-refractivity contribution in [3.63, 3.8) is 0 Å². The minimum atomic E-state index is 0.580. The van der Waals surface area contributed by atoms with Crippen LogP contribution in [0.2, 0.25) is 5.02 Å². The Kier molecular flexibility index (Phi) is 3.66. The summed E-state index contributed by atoms with van der Waals surface area (Å²) in [5.74, 6) is 0. The molecule has 0 amide bonds. The van der Waals surface area contributed by atoms with Crippen molar-refractivity contribution in [3.05, 3.63) is 28.6 Å². The minimum Gasteiger partial charge on any atom is -0.308 e. The summed E-state index contributed by atoms with van der Waals surface area (Å²) in [7, 11) is 1.94. The first-order valence-corrected chi connectivity index (χ1v) is 6.12. The average molecular weight is 240 g/mol. The number of nitrogens with one attached hydrogen (secondary N) is 1. The molecule has 1 atom stereocenters. The highest BCUT2D eigenvalue weighted by atomic mass is 35.5. The zero-order valence-electron chi connectivity index (χ0n) is 9.83. The van der Waals surface area contributed by atoms with Crippen LogP contribution in [0.25, 0.3) is 0 Å². The molecule has 1 unspecified atom stereocenters. The van der Waals surface area contributed by atoms with Crippen LogP contribution in [-0.4, -0.2) is 15.8 Å². The van der Waals surface area contributed by atoms with E-state index in [1.807, 2.05) is 18.7 Å². The van der Waals surface area contributed by atoms with Gasteiger partial charge in [-0.05, 0) is 26.2 Å². The van der Waals surface area contributed by atoms with Gasteiger partial charge in [0.25, 0.3) is 0 Å². The molecule has 1 aliphatic carbocycles. The number of rotatable bonds is 3. The van der Waals surface area contributed by atoms with Crippen molar-refractivity contribution in [1.29, 1.82) is 0 Å². The van der Waals surface area contributed by atoms with Crippen LogP contribution in [0.1, 0.15) is 30.7 Å². The minimum absolute atomic E-state index is 0.580. The van der Waals surface area contributed by atoms with Crippen LogP contribution in [0.15, 0.2) is 12.2 Å². The summed E-state index contributed by atoms with van der Waals surface area (Å²) in [6.07, 6.45) is 8.01. The number of hydrogen-bond donors (Lipinski definition) is 1. The van der Waals surface area contributed by atoms with E-state index in [4.69, 9.17) is 11.6 Å². The van der Waals surface area contributed by atoms with Crippen LogP contribution in [0.3, 0.4) is 0 Å². The molecule has 0 spiro atoms. The highest BCUT2D eigenvalue weighted by Crippen LogP contribution is 2.20. The third kappa shape index (κ3) is 2.47. The van der Waals surface area contributed by atoms with E-state index < -0.39 is 0 Å². The Balaban J connectivity index is 1.96. The van der Waals surface area contributed by atoms with Gasteiger partial charge < -0.3 is 5.32 Å². The van der Waals surface area contributed by atoms with E-state index in [-0.39, 0.29) is 0 Å². The Morgan fingerprint density at radius 2 is 2.38 bits per heavy atom. The molecule has 1 aromatic rings. The van der Waals surface area contributed by atoms with E-state index in [2.05, 4.69) is 22.6 Å². The third-order valence-electron chi connectivity index (χ3n) is 3.09. The molecule has 1 aliphatic rings. The number of nitrogens with zero attached hydrogens (tertiary/aromatic N) is 2. The van der Waals surface area contributed by atoms with Crippen molar-refractivity contribution in [2.24, 2.45) is 7.05 Å². The van der Waals surface area contributed by atoms with Gasteiger partial charge in [-0.25, -0.2) is 0 Å². The molecule has 0 radical (unpaired) electrons. The van der Waals surface area contributed by atoms with Gasteiger partial charge in [0.15, 0.2) is 0 Å². The lowest BCUT2D eigenvalue weighted by molar-refractivity contribution is 0.464. The van der Waals surface area contributed by atoms with Crippen molar-refractivity contribution in [2.45, 2.75) is 38.8 Å². The van der Waals surface area contributed by atoms with Crippen molar-refractivity contribution < 1.29 is 0 Å². The molecule has 0 aromatic carbocycles. The molecular weight excluding hydrogens is 222 g/mol. The molecule has 4 heteroatoms. The number of aryl methyl sites for hydroxylation is 2. The first kappa shape index (κ1) is 11.7. The van der Waals surface area contributed by atoms with Crippen LogP contribution in [-0.2, 0) is 13.6 Å². The maximum absolute atomic E-state index is 6.19. The summed E-state index contributed by atoms with van der Waals surface area (Å²) >= 11 is 6.19. The standard InChI is InChI=1S/C12H18ClN3/c1-9-12(13)11(16(2)15-9)8-14-10-6-4-3-5-7-10/h3-4,10,14H,5-8H2,1-2H3. The van der Waals surface area contributed by atoms with Gasteiger partial charge in [-0.2, -0.15) is 5.10 Å². The molecule has 1 aromatic heterocycles. The average Bonchev–Trinajstić information content (AvgIpc) is 2.53. The molecule has 1 N–H and O–H groups in total. The van der Waals surface area contributed by atoms with Crippen LogP contribution >= 0.6 is 11.6 Å². The van der Waals surface area contributed by atoms with E-state index >= 15 is 0 Å². The van der Waals surface area contributed by atoms with Gasteiger partial charge in [0.1, 0.15) is 0 Å². The van der Waals surface area contributed by atoms with E-state index in [0.29, 0.717) is 6.04 Å². The topological polar surface area (TPSA) is 29.9 Å². The second-order valence-electron chi connectivity index (χ2n) is 4.33. The summed E-state index contributed by atoms with van der Waals surface area (Å²) in [5.41, 5.74) is 1.98. The zero-order chi connectivity index (χ0) is 11.5. The fraction of sp³-hybridized carbons (Fsp3) is 0.583. The lowest BCUT2D eigenvalue weighted by Gasteiger charge is -2.19. The summed E-state index contributed by atoms with van der Waals surface area (Å²) in [6, 6.07) is 0.580. The maximum atomic E-state index is 6.19. The van der Waals surface area contributed by atoms with Crippen molar-refractivity contribution >= 4 is 11.6 Å². The molecule has 3 nitrogen and oxygen atoms in total. The summed E-state index contributed by atoms with van der Waals surface area (Å²) < 4.78 is 1.86. The van der Waals surface area contributed by atoms with Crippen molar-refractivity contribution in [2.75, 3.05) is 0 Å². The Morgan fingerprint density at radius 1 is 1.56 bits per heavy atom. The van der Waals surface area contributed by atoms with Gasteiger partial charge in [0, 0.05) is 19.6 Å². The van der Waals surface area contributed by atoms with E-state index in [9.17, 15) is 0 Å². The highest BCUT2D eigenvalue weighted by molar-refractivity contribution is 6.31. The molecule has 1 heterocycles. The van der Waals surface area contributed by atoms with Gasteiger partial charge in [0.05, 0.1) is 16.4 Å². The lowest BCUT2D eigenvalue weighted by Crippen LogP contribution is -2.30. The summed E-state index contributed by atoms with van der Waals surface area (Å²) in [5, 5.41) is 8.63. The van der Waals surface area contributed by atoms with Crippen LogP contribution in [0.4, 0.5) is 0 Å². The van der Waals surface area contributed by atoms with Crippen LogP contribution in [0.5, 0.6) is 0 Å². The highest BCUT2D eigenvalue weighted by Gasteiger charge is 2.13. The molecule has 0 fully saturated rings. The van der Waals surface area contributed by atoms with Crippen LogP contribution < -0.4 is 5.32 Å². The Morgan fingerprint density at radius 3 is 2.94 bits per heavy atom. The molecule has 16 heavy (non-hydrogen) atoms. The van der Waals surface area contributed by atoms with Gasteiger partial charge in [-0.1, -0.05) is 23.8 Å². The lowest BCUT2D eigenvalue weighted by atomic mass is 10.0. The maximum Gasteiger partial charge on any atom is 0.0860 e. The predicted octanol–water partition coefficient (Wildman–Crippen LogP) is 2.58. The van der Waals surface area contributed by atoms with Gasteiger partial charge in [0.2, 0.25) is 0 Å². The number of allylic oxidation sites excluding steroid dienone is 1. The largest absolute Gasteiger partial charge is 0.308 e. The monoisotopic (exact) mass is 239 g/mol. The number of hydrogen-bond acceptors (Lipinski definition) is 2. The van der Waals surface area contributed by atoms with Crippen LogP contribution in [0, 0.1) is 6.92 Å². The summed E-state index contributed by atoms with van der Waals surface area (Å²) in [6.45, 7) is 2.74. The SMILES string of the molecule is Cc1nn(C)c(CNC2CC=CCC2)c1Cl. The third-order valence-corrected chi connectivity index (χ3v) is 3.58. The molecule has 0 aliphatic heterocycles. The quantitative estimate of drug-likeness (QED) is 0.822. The molecule has 88 valence electrons. The molecule has 0 saturated carbocycles. The summed E-state index contributed by atoms with van der Waals surface area (Å²) in [4.78, 5) is 0. The molecular formula is C12H18ClN3. The first-order valence-electron chi connectivity index (χ1n) is 5.75. The van der Waals surface area contributed by atoms with E-state index in [1.54, 1.807) is 0 Å². The van der Waals surface area contributed by atoms with Crippen molar-refractivity contribution in [1.82, 2.24) is 15.1 Å². The van der Waals surface area contributed by atoms with Gasteiger partial charge >= 0.3 is 0 Å². The first-order chi connectivity index (χ1) is 7.68. The smallest absolute Gasteiger partial charge is 0.0860 e. The second-order valence-corrected chi connectivity index (χ2v) is 4.71. The number of aromatic nitrogens is 2. The second kappa shape index (κ2) is 5.02.